The second kappa shape index (κ2) is 18.7. The molecule has 0 spiro atoms. The third kappa shape index (κ3) is 9.82. The van der Waals surface area contributed by atoms with E-state index in [1.54, 1.807) is 0 Å². The van der Waals surface area contributed by atoms with Crippen LogP contribution in [-0.2, 0) is 12.8 Å². The molecular weight excluding hydrogens is 492 g/mol. The Balaban J connectivity index is 2.29. The van der Waals surface area contributed by atoms with Crippen molar-refractivity contribution in [1.29, 1.82) is 0 Å². The monoisotopic (exact) mass is 548 g/mol. The number of nitrogens with zero attached hydrogens (tertiary/aromatic N) is 2. The van der Waals surface area contributed by atoms with Gasteiger partial charge < -0.3 is 19.3 Å². The molecule has 0 aliphatic carbocycles. The van der Waals surface area contributed by atoms with Gasteiger partial charge in [0.1, 0.15) is 24.7 Å². The average molecular weight is 549 g/mol. The Hall–Kier alpha value is -2.56. The molecule has 0 N–H and O–H groups in total. The first kappa shape index (κ1) is 33.6. The second-order valence-electron chi connectivity index (χ2n) is 10.5. The summed E-state index contributed by atoms with van der Waals surface area (Å²) in [6, 6.07) is 13.7. The SMILES string of the molecule is C=CCc1cc([C@@H](CC)[C@@H](CC)c2ccc(OCCN(CC)CC)c(CC=C)c2)ccc1OCCN(CC)CC. The van der Waals surface area contributed by atoms with E-state index in [1.807, 2.05) is 12.2 Å². The molecule has 2 rings (SSSR count). The van der Waals surface area contributed by atoms with Crippen molar-refractivity contribution in [3.8, 4) is 11.5 Å². The third-order valence-corrected chi connectivity index (χ3v) is 8.24. The number of benzene rings is 2. The lowest BCUT2D eigenvalue weighted by molar-refractivity contribution is 0.221. The summed E-state index contributed by atoms with van der Waals surface area (Å²) < 4.78 is 12.5. The second-order valence-corrected chi connectivity index (χ2v) is 10.5. The van der Waals surface area contributed by atoms with Crippen molar-refractivity contribution < 1.29 is 9.47 Å². The molecule has 2 atom stereocenters. The molecule has 2 aromatic carbocycles. The molecule has 2 aromatic rings. The highest BCUT2D eigenvalue weighted by Gasteiger charge is 2.24. The van der Waals surface area contributed by atoms with Gasteiger partial charge in [-0.2, -0.15) is 0 Å². The number of likely N-dealkylation sites (N-methyl/N-ethyl adjacent to an activating group) is 2. The van der Waals surface area contributed by atoms with Crippen LogP contribution in [0.5, 0.6) is 11.5 Å². The largest absolute Gasteiger partial charge is 0.492 e. The Morgan fingerprint density at radius 1 is 0.625 bits per heavy atom. The Bertz CT molecular complexity index is 928. The number of ether oxygens (including phenoxy) is 2. The van der Waals surface area contributed by atoms with Crippen LogP contribution >= 0.6 is 0 Å². The maximum atomic E-state index is 6.26. The van der Waals surface area contributed by atoms with E-state index < -0.39 is 0 Å². The summed E-state index contributed by atoms with van der Waals surface area (Å²) in [5.41, 5.74) is 5.22. The van der Waals surface area contributed by atoms with Gasteiger partial charge in [0.25, 0.3) is 0 Å². The quantitative estimate of drug-likeness (QED) is 0.147. The topological polar surface area (TPSA) is 24.9 Å². The minimum absolute atomic E-state index is 0.421. The van der Waals surface area contributed by atoms with Crippen LogP contribution in [0.4, 0.5) is 0 Å². The van der Waals surface area contributed by atoms with E-state index in [0.717, 1.165) is 76.5 Å². The van der Waals surface area contributed by atoms with Crippen LogP contribution in [0.1, 0.15) is 88.5 Å². The summed E-state index contributed by atoms with van der Waals surface area (Å²) in [5.74, 6) is 2.81. The first-order valence-corrected chi connectivity index (χ1v) is 15.7. The molecule has 0 radical (unpaired) electrons. The summed E-state index contributed by atoms with van der Waals surface area (Å²) in [7, 11) is 0. The first-order valence-electron chi connectivity index (χ1n) is 15.7. The lowest BCUT2D eigenvalue weighted by Gasteiger charge is -2.28. The van der Waals surface area contributed by atoms with Crippen LogP contribution in [-0.4, -0.2) is 62.3 Å². The minimum atomic E-state index is 0.421. The smallest absolute Gasteiger partial charge is 0.122 e. The maximum Gasteiger partial charge on any atom is 0.122 e. The summed E-state index contributed by atoms with van der Waals surface area (Å²) in [6.45, 7) is 28.9. The van der Waals surface area contributed by atoms with Gasteiger partial charge in [-0.1, -0.05) is 78.0 Å². The van der Waals surface area contributed by atoms with Gasteiger partial charge in [-0.25, -0.2) is 0 Å². The summed E-state index contributed by atoms with van der Waals surface area (Å²) in [6.07, 6.45) is 7.74. The van der Waals surface area contributed by atoms with Crippen molar-refractivity contribution in [2.45, 2.75) is 79.1 Å². The number of rotatable bonds is 21. The molecule has 0 amide bonds. The van der Waals surface area contributed by atoms with Gasteiger partial charge in [0.2, 0.25) is 0 Å². The molecule has 0 aliphatic rings. The Labute approximate surface area is 246 Å². The molecule has 0 saturated carbocycles. The summed E-state index contributed by atoms with van der Waals surface area (Å²) >= 11 is 0. The van der Waals surface area contributed by atoms with Crippen molar-refractivity contribution in [2.24, 2.45) is 0 Å². The van der Waals surface area contributed by atoms with Crippen LogP contribution in [0.2, 0.25) is 0 Å². The van der Waals surface area contributed by atoms with Crippen LogP contribution in [0.25, 0.3) is 0 Å². The van der Waals surface area contributed by atoms with Gasteiger partial charge in [0, 0.05) is 13.1 Å². The highest BCUT2D eigenvalue weighted by Crippen LogP contribution is 2.40. The van der Waals surface area contributed by atoms with Crippen molar-refractivity contribution in [2.75, 3.05) is 52.5 Å². The number of hydrogen-bond donors (Lipinski definition) is 0. The Morgan fingerprint density at radius 2 is 1.00 bits per heavy atom. The Kier molecular flexibility index (Phi) is 15.7. The molecule has 0 fully saturated rings. The van der Waals surface area contributed by atoms with Gasteiger partial charge in [0.05, 0.1) is 0 Å². The molecule has 0 heterocycles. The zero-order chi connectivity index (χ0) is 29.3. The Morgan fingerprint density at radius 3 is 1.30 bits per heavy atom. The summed E-state index contributed by atoms with van der Waals surface area (Å²) in [5, 5.41) is 0. The predicted octanol–water partition coefficient (Wildman–Crippen LogP) is 8.27. The lowest BCUT2D eigenvalue weighted by Crippen LogP contribution is -2.28. The average Bonchev–Trinajstić information content (AvgIpc) is 2.98. The third-order valence-electron chi connectivity index (χ3n) is 8.24. The van der Waals surface area contributed by atoms with Crippen molar-refractivity contribution in [3.05, 3.63) is 84.0 Å². The van der Waals surface area contributed by atoms with Gasteiger partial charge in [-0.15, -0.1) is 13.2 Å². The van der Waals surface area contributed by atoms with E-state index in [9.17, 15) is 0 Å². The van der Waals surface area contributed by atoms with Gasteiger partial charge in [-0.05, 0) is 98.1 Å². The van der Waals surface area contributed by atoms with E-state index in [2.05, 4.69) is 101 Å². The van der Waals surface area contributed by atoms with Crippen LogP contribution in [0.15, 0.2) is 61.7 Å². The molecule has 4 nitrogen and oxygen atoms in total. The predicted molar refractivity (Wildman–Crippen MR) is 173 cm³/mol. The zero-order valence-electron chi connectivity index (χ0n) is 26.4. The van der Waals surface area contributed by atoms with Crippen LogP contribution in [0.3, 0.4) is 0 Å². The van der Waals surface area contributed by atoms with Crippen LogP contribution < -0.4 is 9.47 Å². The molecule has 222 valence electrons. The maximum absolute atomic E-state index is 6.26. The molecular formula is C36H56N2O2. The molecule has 40 heavy (non-hydrogen) atoms. The molecule has 0 unspecified atom stereocenters. The normalized spacial score (nSPS) is 12.9. The fourth-order valence-corrected chi connectivity index (χ4v) is 5.73. The highest BCUT2D eigenvalue weighted by molar-refractivity contribution is 5.43. The van der Waals surface area contributed by atoms with Crippen molar-refractivity contribution in [3.63, 3.8) is 0 Å². The van der Waals surface area contributed by atoms with Gasteiger partial charge >= 0.3 is 0 Å². The molecule has 0 aromatic heterocycles. The fourth-order valence-electron chi connectivity index (χ4n) is 5.73. The van der Waals surface area contributed by atoms with E-state index in [0.29, 0.717) is 25.0 Å². The van der Waals surface area contributed by atoms with E-state index in [4.69, 9.17) is 9.47 Å². The lowest BCUT2D eigenvalue weighted by atomic mass is 9.77. The van der Waals surface area contributed by atoms with Gasteiger partial charge in [0.15, 0.2) is 0 Å². The molecule has 0 saturated heterocycles. The number of hydrogen-bond acceptors (Lipinski definition) is 4. The van der Waals surface area contributed by atoms with E-state index >= 15 is 0 Å². The van der Waals surface area contributed by atoms with Crippen molar-refractivity contribution in [1.82, 2.24) is 9.80 Å². The minimum Gasteiger partial charge on any atom is -0.492 e. The highest BCUT2D eigenvalue weighted by atomic mass is 16.5. The first-order chi connectivity index (χ1) is 19.5. The van der Waals surface area contributed by atoms with E-state index in [1.165, 1.54) is 22.3 Å². The van der Waals surface area contributed by atoms with E-state index in [-0.39, 0.29) is 0 Å². The molecule has 0 bridgehead atoms. The van der Waals surface area contributed by atoms with Crippen LogP contribution in [0, 0.1) is 0 Å². The zero-order valence-corrected chi connectivity index (χ0v) is 26.4. The van der Waals surface area contributed by atoms with Crippen molar-refractivity contribution >= 4 is 0 Å². The molecule has 4 heteroatoms. The number of allylic oxidation sites excluding steroid dienone is 2. The van der Waals surface area contributed by atoms with Gasteiger partial charge in [-0.3, -0.25) is 0 Å². The summed E-state index contributed by atoms with van der Waals surface area (Å²) in [4.78, 5) is 4.78. The molecule has 0 aliphatic heterocycles. The fraction of sp³-hybridized carbons (Fsp3) is 0.556. The standard InChI is InChI=1S/C36H56N2O2/c1-9-17-31-27-29(19-21-35(31)39-25-23-37(13-5)14-6)33(11-3)34(12-4)30-20-22-36(32(28-30)18-10-2)40-26-24-38(15-7)16-8/h9-10,19-22,27-28,33-34H,1-2,11-18,23-26H2,3-8H3/t33-,34+.